The van der Waals surface area contributed by atoms with Gasteiger partial charge in [0.1, 0.15) is 11.5 Å². The van der Waals surface area contributed by atoms with Crippen molar-refractivity contribution >= 4 is 23.4 Å². The first-order chi connectivity index (χ1) is 12.6. The highest BCUT2D eigenvalue weighted by atomic mass is 16.2. The highest BCUT2D eigenvalue weighted by molar-refractivity contribution is 5.93. The first kappa shape index (κ1) is 16.1. The fraction of sp³-hybridized carbons (Fsp3) is 0.150. The number of nitrogens with zero attached hydrogens (tertiary/aromatic N) is 3. The van der Waals surface area contributed by atoms with E-state index in [1.165, 1.54) is 17.2 Å². The quantitative estimate of drug-likeness (QED) is 0.761. The van der Waals surface area contributed by atoms with Gasteiger partial charge in [-0.2, -0.15) is 4.98 Å². The van der Waals surface area contributed by atoms with Gasteiger partial charge in [0.15, 0.2) is 0 Å². The maximum atomic E-state index is 12.9. The molecule has 1 amide bonds. The molecular weight excluding hydrogens is 326 g/mol. The molecule has 1 aliphatic heterocycles. The minimum Gasteiger partial charge on any atom is -0.384 e. The van der Waals surface area contributed by atoms with Crippen molar-refractivity contribution in [2.45, 2.75) is 20.0 Å². The maximum Gasteiger partial charge on any atom is 0.273 e. The molecule has 0 aliphatic carbocycles. The molecule has 0 saturated heterocycles. The predicted octanol–water partition coefficient (Wildman–Crippen LogP) is 3.27. The number of carbonyl (C=O) groups is 1. The van der Waals surface area contributed by atoms with Gasteiger partial charge in [0, 0.05) is 24.8 Å². The van der Waals surface area contributed by atoms with Crippen molar-refractivity contribution in [1.29, 1.82) is 0 Å². The zero-order valence-electron chi connectivity index (χ0n) is 14.4. The van der Waals surface area contributed by atoms with E-state index >= 15 is 0 Å². The number of nitrogens with one attached hydrogen (secondary N) is 1. The second-order valence-corrected chi connectivity index (χ2v) is 6.43. The summed E-state index contributed by atoms with van der Waals surface area (Å²) in [6.45, 7) is 3.17. The van der Waals surface area contributed by atoms with E-state index in [4.69, 9.17) is 5.73 Å². The predicted molar refractivity (Wildman–Crippen MR) is 101 cm³/mol. The first-order valence-electron chi connectivity index (χ1n) is 8.43. The SMILES string of the molecule is Cc1cccc(Nc2nc(N)cc(C(=O)N3Cc4ccccc4C3)n2)c1. The second kappa shape index (κ2) is 6.48. The van der Waals surface area contributed by atoms with Gasteiger partial charge in [0.05, 0.1) is 0 Å². The molecule has 0 fully saturated rings. The molecule has 6 nitrogen and oxygen atoms in total. The molecule has 0 saturated carbocycles. The van der Waals surface area contributed by atoms with Gasteiger partial charge in [-0.25, -0.2) is 4.98 Å². The van der Waals surface area contributed by atoms with Crippen LogP contribution >= 0.6 is 0 Å². The molecule has 1 aromatic heterocycles. The number of aryl methyl sites for hydroxylation is 1. The lowest BCUT2D eigenvalue weighted by atomic mass is 10.1. The van der Waals surface area contributed by atoms with Crippen molar-refractivity contribution in [2.24, 2.45) is 0 Å². The first-order valence-corrected chi connectivity index (χ1v) is 8.43. The number of nitrogens with two attached hydrogens (primary N) is 1. The van der Waals surface area contributed by atoms with Gasteiger partial charge in [-0.15, -0.1) is 0 Å². The maximum absolute atomic E-state index is 12.9. The third kappa shape index (κ3) is 3.21. The highest BCUT2D eigenvalue weighted by Gasteiger charge is 2.25. The van der Waals surface area contributed by atoms with Crippen LogP contribution in [0, 0.1) is 6.92 Å². The number of benzene rings is 2. The monoisotopic (exact) mass is 345 g/mol. The lowest BCUT2D eigenvalue weighted by Crippen LogP contribution is -2.26. The molecule has 1 aliphatic rings. The van der Waals surface area contributed by atoms with Crippen LogP contribution in [0.1, 0.15) is 27.2 Å². The molecule has 0 atom stereocenters. The van der Waals surface area contributed by atoms with Crippen LogP contribution in [-0.4, -0.2) is 20.8 Å². The largest absolute Gasteiger partial charge is 0.384 e. The molecule has 0 radical (unpaired) electrons. The van der Waals surface area contributed by atoms with Crippen molar-refractivity contribution in [3.05, 3.63) is 77.0 Å². The molecule has 0 bridgehead atoms. The summed E-state index contributed by atoms with van der Waals surface area (Å²) in [7, 11) is 0. The number of carbonyl (C=O) groups excluding carboxylic acids is 1. The van der Waals surface area contributed by atoms with Crippen LogP contribution < -0.4 is 11.1 Å². The van der Waals surface area contributed by atoms with Crippen LogP contribution in [0.5, 0.6) is 0 Å². The Bertz CT molecular complexity index is 960. The smallest absolute Gasteiger partial charge is 0.273 e. The number of rotatable bonds is 3. The van der Waals surface area contributed by atoms with Gasteiger partial charge in [0.25, 0.3) is 5.91 Å². The van der Waals surface area contributed by atoms with E-state index in [1.807, 2.05) is 55.5 Å². The minimum absolute atomic E-state index is 0.150. The summed E-state index contributed by atoms with van der Waals surface area (Å²) in [5, 5.41) is 3.12. The van der Waals surface area contributed by atoms with Gasteiger partial charge in [0.2, 0.25) is 5.95 Å². The molecular formula is C20H19N5O. The van der Waals surface area contributed by atoms with Crippen molar-refractivity contribution in [3.63, 3.8) is 0 Å². The zero-order valence-corrected chi connectivity index (χ0v) is 14.4. The second-order valence-electron chi connectivity index (χ2n) is 6.43. The van der Waals surface area contributed by atoms with Gasteiger partial charge < -0.3 is 16.0 Å². The van der Waals surface area contributed by atoms with Crippen LogP contribution in [0.3, 0.4) is 0 Å². The molecule has 2 aromatic carbocycles. The van der Waals surface area contributed by atoms with E-state index in [1.54, 1.807) is 4.90 Å². The Morgan fingerprint density at radius 3 is 2.46 bits per heavy atom. The summed E-state index contributed by atoms with van der Waals surface area (Å²) in [5.74, 6) is 0.425. The van der Waals surface area contributed by atoms with Gasteiger partial charge in [-0.3, -0.25) is 4.79 Å². The Hall–Kier alpha value is -3.41. The summed E-state index contributed by atoms with van der Waals surface area (Å²) in [6.07, 6.45) is 0. The third-order valence-electron chi connectivity index (χ3n) is 4.37. The number of fused-ring (bicyclic) bond motifs is 1. The van der Waals surface area contributed by atoms with Crippen LogP contribution in [0.15, 0.2) is 54.6 Å². The fourth-order valence-electron chi connectivity index (χ4n) is 3.12. The number of hydrogen-bond donors (Lipinski definition) is 2. The van der Waals surface area contributed by atoms with Crippen molar-refractivity contribution in [1.82, 2.24) is 14.9 Å². The average molecular weight is 345 g/mol. The fourth-order valence-corrected chi connectivity index (χ4v) is 3.12. The normalized spacial score (nSPS) is 12.7. The molecule has 6 heteroatoms. The molecule has 3 N–H and O–H groups in total. The highest BCUT2D eigenvalue weighted by Crippen LogP contribution is 2.24. The summed E-state index contributed by atoms with van der Waals surface area (Å²) < 4.78 is 0. The van der Waals surface area contributed by atoms with E-state index in [0.717, 1.165) is 11.3 Å². The Morgan fingerprint density at radius 2 is 1.77 bits per heavy atom. The summed E-state index contributed by atoms with van der Waals surface area (Å²) in [5.41, 5.74) is 10.5. The number of aromatic nitrogens is 2. The lowest BCUT2D eigenvalue weighted by molar-refractivity contribution is 0.0745. The van der Waals surface area contributed by atoms with Gasteiger partial charge in [-0.05, 0) is 35.7 Å². The summed E-state index contributed by atoms with van der Waals surface area (Å²) in [4.78, 5) is 23.2. The molecule has 3 aromatic rings. The molecule has 0 unspecified atom stereocenters. The van der Waals surface area contributed by atoms with Crippen molar-refractivity contribution < 1.29 is 4.79 Å². The average Bonchev–Trinajstić information content (AvgIpc) is 3.04. The van der Waals surface area contributed by atoms with Gasteiger partial charge >= 0.3 is 0 Å². The lowest BCUT2D eigenvalue weighted by Gasteiger charge is -2.15. The van der Waals surface area contributed by atoms with Crippen LogP contribution in [0.2, 0.25) is 0 Å². The number of anilines is 3. The Morgan fingerprint density at radius 1 is 1.04 bits per heavy atom. The van der Waals surface area contributed by atoms with Gasteiger partial charge in [-0.1, -0.05) is 36.4 Å². The summed E-state index contributed by atoms with van der Waals surface area (Å²) >= 11 is 0. The molecule has 26 heavy (non-hydrogen) atoms. The van der Waals surface area contributed by atoms with Crippen molar-refractivity contribution in [2.75, 3.05) is 11.1 Å². The standard InChI is InChI=1S/C20H19N5O/c1-13-5-4-8-16(9-13)22-20-23-17(10-18(21)24-20)19(26)25-11-14-6-2-3-7-15(14)12-25/h2-10H,11-12H2,1H3,(H3,21,22,23,24). The molecule has 4 rings (SSSR count). The number of hydrogen-bond acceptors (Lipinski definition) is 5. The van der Waals surface area contributed by atoms with Crippen LogP contribution in [0.25, 0.3) is 0 Å². The molecule has 2 heterocycles. The van der Waals surface area contributed by atoms with Crippen molar-refractivity contribution in [3.8, 4) is 0 Å². The zero-order chi connectivity index (χ0) is 18.1. The summed E-state index contributed by atoms with van der Waals surface area (Å²) in [6, 6.07) is 17.4. The van der Waals surface area contributed by atoms with E-state index in [0.29, 0.717) is 24.7 Å². The van der Waals surface area contributed by atoms with Crippen LogP contribution in [0.4, 0.5) is 17.5 Å². The molecule has 130 valence electrons. The van der Waals surface area contributed by atoms with E-state index in [9.17, 15) is 4.79 Å². The minimum atomic E-state index is -0.150. The van der Waals surface area contributed by atoms with E-state index in [-0.39, 0.29) is 11.7 Å². The van der Waals surface area contributed by atoms with Crippen LogP contribution in [-0.2, 0) is 13.1 Å². The Labute approximate surface area is 151 Å². The third-order valence-corrected chi connectivity index (χ3v) is 4.37. The Balaban J connectivity index is 1.57. The van der Waals surface area contributed by atoms with E-state index in [2.05, 4.69) is 15.3 Å². The van der Waals surface area contributed by atoms with E-state index < -0.39 is 0 Å². The topological polar surface area (TPSA) is 84.1 Å². The molecule has 0 spiro atoms. The Kier molecular flexibility index (Phi) is 4.01. The number of amides is 1. The number of nitrogen functional groups attached to an aromatic ring is 1.